The van der Waals surface area contributed by atoms with Gasteiger partial charge in [0.25, 0.3) is 0 Å². The highest BCUT2D eigenvalue weighted by atomic mass is 16.3. The monoisotopic (exact) mass is 217 g/mol. The summed E-state index contributed by atoms with van der Waals surface area (Å²) in [5.41, 5.74) is 9.10. The van der Waals surface area contributed by atoms with Crippen molar-refractivity contribution in [1.82, 2.24) is 0 Å². The van der Waals surface area contributed by atoms with Gasteiger partial charge in [0.15, 0.2) is 0 Å². The minimum atomic E-state index is 0.779. The van der Waals surface area contributed by atoms with Gasteiger partial charge in [0.2, 0.25) is 0 Å². The van der Waals surface area contributed by atoms with Gasteiger partial charge in [-0.05, 0) is 56.8 Å². The first-order chi connectivity index (χ1) is 7.72. The molecule has 2 aromatic rings. The van der Waals surface area contributed by atoms with Crippen molar-refractivity contribution in [2.45, 2.75) is 33.1 Å². The number of rotatable bonds is 4. The number of aryl methyl sites for hydroxylation is 3. The summed E-state index contributed by atoms with van der Waals surface area (Å²) in [6, 6.07) is 6.52. The summed E-state index contributed by atoms with van der Waals surface area (Å²) in [4.78, 5) is 0. The largest absolute Gasteiger partial charge is 0.461 e. The quantitative estimate of drug-likeness (QED) is 0.798. The van der Waals surface area contributed by atoms with Gasteiger partial charge in [-0.1, -0.05) is 12.1 Å². The molecule has 0 amide bonds. The topological polar surface area (TPSA) is 39.2 Å². The Morgan fingerprint density at radius 2 is 2.00 bits per heavy atom. The van der Waals surface area contributed by atoms with E-state index in [0.29, 0.717) is 0 Å². The summed E-state index contributed by atoms with van der Waals surface area (Å²) in [5, 5.41) is 1.24. The van der Waals surface area contributed by atoms with E-state index in [2.05, 4.69) is 25.1 Å². The third-order valence-corrected chi connectivity index (χ3v) is 3.16. The summed E-state index contributed by atoms with van der Waals surface area (Å²) in [5.74, 6) is 1.02. The van der Waals surface area contributed by atoms with Crippen LogP contribution in [0.1, 0.15) is 29.7 Å². The Balaban J connectivity index is 2.23. The van der Waals surface area contributed by atoms with Gasteiger partial charge in [-0.15, -0.1) is 0 Å². The van der Waals surface area contributed by atoms with Gasteiger partial charge >= 0.3 is 0 Å². The number of hydrogen-bond acceptors (Lipinski definition) is 2. The van der Waals surface area contributed by atoms with E-state index >= 15 is 0 Å². The van der Waals surface area contributed by atoms with Crippen molar-refractivity contribution in [3.8, 4) is 0 Å². The molecule has 0 saturated heterocycles. The van der Waals surface area contributed by atoms with Gasteiger partial charge in [-0.25, -0.2) is 0 Å². The van der Waals surface area contributed by atoms with Crippen LogP contribution in [0.3, 0.4) is 0 Å². The van der Waals surface area contributed by atoms with Gasteiger partial charge in [0.1, 0.15) is 11.3 Å². The van der Waals surface area contributed by atoms with E-state index in [1.807, 2.05) is 6.92 Å². The molecule has 0 spiro atoms. The van der Waals surface area contributed by atoms with Gasteiger partial charge in [-0.3, -0.25) is 0 Å². The molecule has 2 N–H and O–H groups in total. The molecule has 0 aliphatic heterocycles. The molecular weight excluding hydrogens is 198 g/mol. The molecule has 1 aromatic carbocycles. The van der Waals surface area contributed by atoms with Crippen LogP contribution in [0.2, 0.25) is 0 Å². The second kappa shape index (κ2) is 4.71. The van der Waals surface area contributed by atoms with Crippen LogP contribution < -0.4 is 5.73 Å². The van der Waals surface area contributed by atoms with Gasteiger partial charge in [-0.2, -0.15) is 0 Å². The molecule has 2 rings (SSSR count). The molecule has 2 heteroatoms. The van der Waals surface area contributed by atoms with Crippen LogP contribution in [0.25, 0.3) is 11.0 Å². The Kier molecular flexibility index (Phi) is 3.30. The summed E-state index contributed by atoms with van der Waals surface area (Å²) < 4.78 is 5.72. The highest BCUT2D eigenvalue weighted by Gasteiger charge is 2.06. The lowest BCUT2D eigenvalue weighted by Gasteiger charge is -2.00. The normalized spacial score (nSPS) is 11.2. The summed E-state index contributed by atoms with van der Waals surface area (Å²) in [6.07, 6.45) is 3.33. The maximum absolute atomic E-state index is 5.72. The van der Waals surface area contributed by atoms with E-state index < -0.39 is 0 Å². The lowest BCUT2D eigenvalue weighted by atomic mass is 10.1. The molecule has 1 aromatic heterocycles. The van der Waals surface area contributed by atoms with Crippen molar-refractivity contribution < 1.29 is 4.42 Å². The lowest BCUT2D eigenvalue weighted by Crippen LogP contribution is -1.98. The first kappa shape index (κ1) is 11.2. The number of nitrogens with two attached hydrogens (primary N) is 1. The Hall–Kier alpha value is -1.28. The SMILES string of the molecule is Cc1oc2cc(CCCCN)ccc2c1C. The van der Waals surface area contributed by atoms with Crippen LogP contribution in [0, 0.1) is 13.8 Å². The molecule has 0 aliphatic carbocycles. The van der Waals surface area contributed by atoms with Crippen LogP contribution in [0.15, 0.2) is 22.6 Å². The van der Waals surface area contributed by atoms with E-state index in [9.17, 15) is 0 Å². The molecule has 0 atom stereocenters. The van der Waals surface area contributed by atoms with Crippen LogP contribution in [0.5, 0.6) is 0 Å². The van der Waals surface area contributed by atoms with Crippen molar-refractivity contribution in [3.63, 3.8) is 0 Å². The molecule has 0 radical (unpaired) electrons. The lowest BCUT2D eigenvalue weighted by molar-refractivity contribution is 0.574. The molecule has 2 nitrogen and oxygen atoms in total. The van der Waals surface area contributed by atoms with E-state index in [-0.39, 0.29) is 0 Å². The molecule has 0 aliphatic rings. The Morgan fingerprint density at radius 3 is 2.75 bits per heavy atom. The molecule has 0 unspecified atom stereocenters. The van der Waals surface area contributed by atoms with Crippen LogP contribution in [0.4, 0.5) is 0 Å². The standard InChI is InChI=1S/C14H19NO/c1-10-11(2)16-14-9-12(5-3-4-8-15)6-7-13(10)14/h6-7,9H,3-5,8,15H2,1-2H3. The first-order valence-corrected chi connectivity index (χ1v) is 5.91. The number of benzene rings is 1. The zero-order valence-electron chi connectivity index (χ0n) is 10.0. The maximum Gasteiger partial charge on any atom is 0.134 e. The van der Waals surface area contributed by atoms with Crippen molar-refractivity contribution in [3.05, 3.63) is 35.1 Å². The molecular formula is C14H19NO. The Morgan fingerprint density at radius 1 is 1.19 bits per heavy atom. The minimum Gasteiger partial charge on any atom is -0.461 e. The second-order valence-electron chi connectivity index (χ2n) is 4.36. The number of hydrogen-bond donors (Lipinski definition) is 1. The van der Waals surface area contributed by atoms with Gasteiger partial charge < -0.3 is 10.2 Å². The van der Waals surface area contributed by atoms with Crippen LogP contribution >= 0.6 is 0 Å². The average molecular weight is 217 g/mol. The van der Waals surface area contributed by atoms with Crippen molar-refractivity contribution >= 4 is 11.0 Å². The zero-order chi connectivity index (χ0) is 11.5. The number of fused-ring (bicyclic) bond motifs is 1. The molecule has 86 valence electrons. The van der Waals surface area contributed by atoms with Crippen LogP contribution in [-0.2, 0) is 6.42 Å². The minimum absolute atomic E-state index is 0.779. The molecule has 0 bridgehead atoms. The van der Waals surface area contributed by atoms with Crippen molar-refractivity contribution in [2.75, 3.05) is 6.54 Å². The van der Waals surface area contributed by atoms with Crippen molar-refractivity contribution in [2.24, 2.45) is 5.73 Å². The van der Waals surface area contributed by atoms with Crippen molar-refractivity contribution in [1.29, 1.82) is 0 Å². The third-order valence-electron chi connectivity index (χ3n) is 3.16. The smallest absolute Gasteiger partial charge is 0.134 e. The average Bonchev–Trinajstić information content (AvgIpc) is 2.55. The molecule has 16 heavy (non-hydrogen) atoms. The summed E-state index contributed by atoms with van der Waals surface area (Å²) in [7, 11) is 0. The molecule has 1 heterocycles. The number of unbranched alkanes of at least 4 members (excludes halogenated alkanes) is 1. The van der Waals surface area contributed by atoms with E-state index in [1.54, 1.807) is 0 Å². The fourth-order valence-corrected chi connectivity index (χ4v) is 2.02. The predicted octanol–water partition coefficient (Wildman–Crippen LogP) is 3.33. The highest BCUT2D eigenvalue weighted by molar-refractivity contribution is 5.82. The second-order valence-corrected chi connectivity index (χ2v) is 4.36. The summed E-state index contributed by atoms with van der Waals surface area (Å²) >= 11 is 0. The van der Waals surface area contributed by atoms with E-state index in [1.165, 1.54) is 16.5 Å². The van der Waals surface area contributed by atoms with E-state index in [4.69, 9.17) is 10.2 Å². The maximum atomic E-state index is 5.72. The number of furan rings is 1. The predicted molar refractivity (Wildman–Crippen MR) is 67.7 cm³/mol. The van der Waals surface area contributed by atoms with E-state index in [0.717, 1.165) is 37.2 Å². The fraction of sp³-hybridized carbons (Fsp3) is 0.429. The first-order valence-electron chi connectivity index (χ1n) is 5.91. The Bertz CT molecular complexity index is 485. The summed E-state index contributed by atoms with van der Waals surface area (Å²) in [6.45, 7) is 4.90. The van der Waals surface area contributed by atoms with Gasteiger partial charge in [0, 0.05) is 5.39 Å². The molecule has 0 fully saturated rings. The fourth-order valence-electron chi connectivity index (χ4n) is 2.02. The highest BCUT2D eigenvalue weighted by Crippen LogP contribution is 2.25. The zero-order valence-corrected chi connectivity index (χ0v) is 10.0. The molecule has 0 saturated carbocycles. The third kappa shape index (κ3) is 2.12. The van der Waals surface area contributed by atoms with Gasteiger partial charge in [0.05, 0.1) is 0 Å². The Labute approximate surface area is 96.4 Å². The van der Waals surface area contributed by atoms with Crippen LogP contribution in [-0.4, -0.2) is 6.54 Å².